The third-order valence-electron chi connectivity index (χ3n) is 7.86. The number of fused-ring (bicyclic) bond motifs is 3. The first-order chi connectivity index (χ1) is 22.2. The van der Waals surface area contributed by atoms with Crippen LogP contribution in [0.5, 0.6) is 0 Å². The predicted octanol–water partition coefficient (Wildman–Crippen LogP) is 8.87. The van der Waals surface area contributed by atoms with E-state index in [1.54, 1.807) is 25.3 Å². The standard InChI is InChI=1S/C30H23F10IN4O2S/c1-14(13-48-2)45-22-10-15(6-8-19(22)42-24(46)17-4-3-5-18(41)23(17)25(45)47)12-44-21-9-7-16(11-20(21)43-26(44)28(32,33)34)27(31,29(35,36)37)30(38,39)40/h3-11,14,26,43H,12-13H2,1-2H3,(H,42,46)/t14-,26?/m0/s1. The number of nitrogens with one attached hydrogen (secondary N) is 2. The summed E-state index contributed by atoms with van der Waals surface area (Å²) in [6.07, 6.45) is -18.9. The summed E-state index contributed by atoms with van der Waals surface area (Å²) in [6, 6.07) is 9.13. The lowest BCUT2D eigenvalue weighted by Gasteiger charge is -2.34. The molecule has 3 aromatic rings. The van der Waals surface area contributed by atoms with Crippen molar-refractivity contribution in [3.63, 3.8) is 0 Å². The number of alkyl halides is 10. The molecule has 3 aromatic carbocycles. The molecule has 0 fully saturated rings. The normalized spacial score (nSPS) is 17.6. The van der Waals surface area contributed by atoms with E-state index in [0.717, 1.165) is 0 Å². The van der Waals surface area contributed by atoms with Crippen LogP contribution in [0.2, 0.25) is 0 Å². The van der Waals surface area contributed by atoms with Crippen LogP contribution in [0.25, 0.3) is 0 Å². The van der Waals surface area contributed by atoms with Gasteiger partial charge in [0.2, 0.25) is 0 Å². The maximum atomic E-state index is 14.8. The van der Waals surface area contributed by atoms with E-state index in [1.165, 1.54) is 40.9 Å². The lowest BCUT2D eigenvalue weighted by molar-refractivity contribution is -0.348. The SMILES string of the molecule is CSC[C@H](C)N1C(=O)c2c(I)cccc2C(=O)Nc2ccc(CN3c4ccc(C(F)(C(F)(F)F)C(F)(F)F)cc4NC3C(F)(F)F)cc21. The van der Waals surface area contributed by atoms with Crippen molar-refractivity contribution >= 4 is 68.9 Å². The Bertz CT molecular complexity index is 1750. The molecule has 48 heavy (non-hydrogen) atoms. The number of nitrogens with zero attached hydrogens (tertiary/aromatic N) is 2. The van der Waals surface area contributed by atoms with Crippen LogP contribution in [-0.4, -0.2) is 54.6 Å². The van der Waals surface area contributed by atoms with Crippen LogP contribution in [0, 0.1) is 3.57 Å². The first kappa shape index (κ1) is 35.9. The van der Waals surface area contributed by atoms with Gasteiger partial charge in [-0.25, -0.2) is 4.39 Å². The molecule has 2 aliphatic rings. The van der Waals surface area contributed by atoms with Gasteiger partial charge >= 0.3 is 24.2 Å². The number of carbonyl (C=O) groups excluding carboxylic acids is 2. The molecule has 0 spiro atoms. The van der Waals surface area contributed by atoms with Gasteiger partial charge in [-0.05, 0) is 77.7 Å². The lowest BCUT2D eigenvalue weighted by atomic mass is 9.93. The molecule has 0 bridgehead atoms. The Hall–Kier alpha value is -3.42. The fourth-order valence-corrected chi connectivity index (χ4v) is 7.04. The fourth-order valence-electron chi connectivity index (χ4n) is 5.68. The van der Waals surface area contributed by atoms with E-state index in [0.29, 0.717) is 20.3 Å². The summed E-state index contributed by atoms with van der Waals surface area (Å²) in [5.41, 5.74) is -8.35. The van der Waals surface area contributed by atoms with Crippen LogP contribution < -0.4 is 20.4 Å². The van der Waals surface area contributed by atoms with Crippen LogP contribution in [0.1, 0.15) is 38.8 Å². The molecule has 0 saturated carbocycles. The Morgan fingerprint density at radius 2 is 1.54 bits per heavy atom. The Morgan fingerprint density at radius 3 is 2.15 bits per heavy atom. The molecule has 6 nitrogen and oxygen atoms in total. The maximum absolute atomic E-state index is 14.8. The van der Waals surface area contributed by atoms with Crippen molar-refractivity contribution in [3.05, 3.63) is 80.4 Å². The zero-order valence-electron chi connectivity index (χ0n) is 24.5. The summed E-state index contributed by atoms with van der Waals surface area (Å²) in [6.45, 7) is 1.13. The number of hydrogen-bond donors (Lipinski definition) is 2. The zero-order valence-corrected chi connectivity index (χ0v) is 27.5. The van der Waals surface area contributed by atoms with E-state index in [2.05, 4.69) is 5.32 Å². The van der Waals surface area contributed by atoms with E-state index in [1.807, 2.05) is 27.9 Å². The third-order valence-corrected chi connectivity index (χ3v) is 9.58. The highest BCUT2D eigenvalue weighted by Gasteiger charge is 2.73. The van der Waals surface area contributed by atoms with E-state index in [-0.39, 0.29) is 40.2 Å². The number of rotatable bonds is 6. The van der Waals surface area contributed by atoms with Gasteiger partial charge in [-0.1, -0.05) is 18.2 Å². The van der Waals surface area contributed by atoms with Gasteiger partial charge < -0.3 is 20.4 Å². The van der Waals surface area contributed by atoms with Crippen molar-refractivity contribution in [2.75, 3.05) is 32.4 Å². The van der Waals surface area contributed by atoms with Crippen LogP contribution in [0.3, 0.4) is 0 Å². The van der Waals surface area contributed by atoms with Crippen LogP contribution in [0.4, 0.5) is 66.7 Å². The van der Waals surface area contributed by atoms with Gasteiger partial charge in [0.1, 0.15) is 0 Å². The molecule has 2 aliphatic heterocycles. The van der Waals surface area contributed by atoms with Crippen molar-refractivity contribution in [2.24, 2.45) is 0 Å². The Balaban J connectivity index is 1.60. The average molecular weight is 820 g/mol. The van der Waals surface area contributed by atoms with Gasteiger partial charge in [0.05, 0.1) is 33.9 Å². The van der Waals surface area contributed by atoms with Gasteiger partial charge in [0, 0.05) is 27.5 Å². The number of carbonyl (C=O) groups is 2. The number of benzene rings is 3. The predicted molar refractivity (Wildman–Crippen MR) is 169 cm³/mol. The average Bonchev–Trinajstić information content (AvgIpc) is 3.34. The van der Waals surface area contributed by atoms with E-state index in [4.69, 9.17) is 0 Å². The highest BCUT2D eigenvalue weighted by molar-refractivity contribution is 14.1. The van der Waals surface area contributed by atoms with Crippen molar-refractivity contribution in [3.8, 4) is 0 Å². The molecule has 18 heteroatoms. The van der Waals surface area contributed by atoms with Crippen LogP contribution >= 0.6 is 34.4 Å². The second kappa shape index (κ2) is 12.5. The smallest absolute Gasteiger partial charge is 0.356 e. The molecular formula is C30H23F10IN4O2S. The molecule has 2 N–H and O–H groups in total. The molecule has 0 radical (unpaired) electrons. The van der Waals surface area contributed by atoms with E-state index >= 15 is 0 Å². The number of hydrogen-bond acceptors (Lipinski definition) is 5. The number of thioether (sulfide) groups is 1. The van der Waals surface area contributed by atoms with Crippen molar-refractivity contribution in [1.29, 1.82) is 0 Å². The van der Waals surface area contributed by atoms with Crippen molar-refractivity contribution in [2.45, 2.75) is 49.9 Å². The second-order valence-corrected chi connectivity index (χ2v) is 13.1. The third kappa shape index (κ3) is 6.13. The lowest BCUT2D eigenvalue weighted by Crippen LogP contribution is -2.50. The first-order valence-electron chi connectivity index (χ1n) is 13.8. The van der Waals surface area contributed by atoms with E-state index in [9.17, 15) is 53.5 Å². The molecule has 0 saturated heterocycles. The Labute approximate surface area is 284 Å². The van der Waals surface area contributed by atoms with Crippen LogP contribution in [-0.2, 0) is 12.2 Å². The maximum Gasteiger partial charge on any atom is 0.435 e. The van der Waals surface area contributed by atoms with Gasteiger partial charge in [0.25, 0.3) is 11.8 Å². The number of amides is 2. The summed E-state index contributed by atoms with van der Waals surface area (Å²) >= 11 is 3.33. The molecule has 2 atom stereocenters. The molecule has 5 rings (SSSR count). The van der Waals surface area contributed by atoms with Crippen molar-refractivity contribution in [1.82, 2.24) is 0 Å². The summed E-state index contributed by atoms with van der Waals surface area (Å²) in [5.74, 6) is -0.714. The molecular weight excluding hydrogens is 797 g/mol. The molecule has 0 aliphatic carbocycles. The molecule has 2 amide bonds. The minimum Gasteiger partial charge on any atom is -0.356 e. The van der Waals surface area contributed by atoms with Gasteiger partial charge in [-0.3, -0.25) is 9.59 Å². The second-order valence-electron chi connectivity index (χ2n) is 11.0. The topological polar surface area (TPSA) is 64.7 Å². The summed E-state index contributed by atoms with van der Waals surface area (Å²) in [4.78, 5) is 29.3. The van der Waals surface area contributed by atoms with Crippen molar-refractivity contribution < 1.29 is 53.5 Å². The first-order valence-corrected chi connectivity index (χ1v) is 16.3. The summed E-state index contributed by atoms with van der Waals surface area (Å²) in [5, 5.41) is 4.63. The molecule has 258 valence electrons. The summed E-state index contributed by atoms with van der Waals surface area (Å²) < 4.78 is 138. The largest absolute Gasteiger partial charge is 0.435 e. The fraction of sp³-hybridized carbons (Fsp3) is 0.333. The monoisotopic (exact) mass is 820 g/mol. The molecule has 1 unspecified atom stereocenters. The highest BCUT2D eigenvalue weighted by atomic mass is 127. The molecule has 0 aromatic heterocycles. The Kier molecular flexibility index (Phi) is 9.33. The number of anilines is 4. The van der Waals surface area contributed by atoms with E-state index < -0.39 is 71.7 Å². The quantitative estimate of drug-likeness (QED) is 0.192. The number of halogens is 11. The Morgan fingerprint density at radius 1 is 0.875 bits per heavy atom. The highest BCUT2D eigenvalue weighted by Crippen LogP contribution is 2.55. The van der Waals surface area contributed by atoms with Gasteiger partial charge in [0.15, 0.2) is 6.17 Å². The minimum absolute atomic E-state index is 0.0642. The summed E-state index contributed by atoms with van der Waals surface area (Å²) in [7, 11) is 0. The van der Waals surface area contributed by atoms with Crippen LogP contribution in [0.15, 0.2) is 54.6 Å². The minimum atomic E-state index is -6.47. The zero-order chi connectivity index (χ0) is 35.6. The van der Waals surface area contributed by atoms with Gasteiger partial charge in [-0.2, -0.15) is 51.3 Å². The van der Waals surface area contributed by atoms with Gasteiger partial charge in [-0.15, -0.1) is 0 Å². The molecule has 2 heterocycles.